The van der Waals surface area contributed by atoms with Gasteiger partial charge in [0, 0.05) is 22.5 Å². The lowest BCUT2D eigenvalue weighted by Crippen LogP contribution is -2.55. The fourth-order valence-corrected chi connectivity index (χ4v) is 12.2. The van der Waals surface area contributed by atoms with E-state index in [2.05, 4.69) is 181 Å². The number of rotatable bonds is 5. The van der Waals surface area contributed by atoms with E-state index in [0.717, 1.165) is 23.7 Å². The van der Waals surface area contributed by atoms with Crippen LogP contribution in [0, 0.1) is 23.7 Å². The highest BCUT2D eigenvalue weighted by Gasteiger charge is 2.61. The van der Waals surface area contributed by atoms with E-state index in [-0.39, 0.29) is 5.41 Å². The first-order valence-corrected chi connectivity index (χ1v) is 20.4. The second kappa shape index (κ2) is 12.0. The molecule has 0 heterocycles. The van der Waals surface area contributed by atoms with Gasteiger partial charge in [0.1, 0.15) is 0 Å². The summed E-state index contributed by atoms with van der Waals surface area (Å²) in [5, 5.41) is 5.18. The van der Waals surface area contributed by atoms with Gasteiger partial charge in [0.15, 0.2) is 0 Å². The predicted octanol–water partition coefficient (Wildman–Crippen LogP) is 14.5. The van der Waals surface area contributed by atoms with Gasteiger partial charge in [0.25, 0.3) is 0 Å². The summed E-state index contributed by atoms with van der Waals surface area (Å²) in [4.78, 5) is 2.50. The molecular formula is C54H43N. The lowest BCUT2D eigenvalue weighted by atomic mass is 9.43. The van der Waals surface area contributed by atoms with E-state index in [9.17, 15) is 0 Å². The van der Waals surface area contributed by atoms with E-state index in [1.165, 1.54) is 104 Å². The summed E-state index contributed by atoms with van der Waals surface area (Å²) in [5.74, 6) is 3.32. The molecular weight excluding hydrogens is 663 g/mol. The van der Waals surface area contributed by atoms with Crippen molar-refractivity contribution in [2.24, 2.45) is 23.7 Å². The van der Waals surface area contributed by atoms with Gasteiger partial charge < -0.3 is 4.90 Å². The SMILES string of the molecule is c1ccc(-c2ccc(N(c3ccc(-c4ccc5c(ccc6ccccc65)c4)cc3)c3ccc4c(c3)C3(c5ccccc5-4)C4CC5CC(C4)CC3C5)cc2)cc1. The number of hydrogen-bond donors (Lipinski definition) is 0. The average Bonchev–Trinajstić information content (AvgIpc) is 3.53. The molecule has 0 amide bonds. The zero-order chi connectivity index (χ0) is 36.1. The number of benzene rings is 8. The van der Waals surface area contributed by atoms with Gasteiger partial charge >= 0.3 is 0 Å². The Bertz CT molecular complexity index is 2730. The van der Waals surface area contributed by atoms with Gasteiger partial charge in [-0.2, -0.15) is 0 Å². The van der Waals surface area contributed by atoms with Gasteiger partial charge in [-0.15, -0.1) is 0 Å². The van der Waals surface area contributed by atoms with Crippen molar-refractivity contribution in [3.8, 4) is 33.4 Å². The zero-order valence-corrected chi connectivity index (χ0v) is 31.0. The van der Waals surface area contributed by atoms with Crippen LogP contribution in [0.1, 0.15) is 43.2 Å². The molecule has 1 spiro atoms. The maximum Gasteiger partial charge on any atom is 0.0465 e. The van der Waals surface area contributed by atoms with Crippen LogP contribution in [0.25, 0.3) is 54.9 Å². The number of anilines is 3. The molecule has 0 atom stereocenters. The Labute approximate surface area is 323 Å². The van der Waals surface area contributed by atoms with Crippen molar-refractivity contribution in [1.82, 2.24) is 0 Å². The molecule has 5 aliphatic rings. The maximum absolute atomic E-state index is 2.62. The van der Waals surface area contributed by atoms with Gasteiger partial charge in [-0.25, -0.2) is 0 Å². The topological polar surface area (TPSA) is 3.24 Å². The van der Waals surface area contributed by atoms with Crippen LogP contribution < -0.4 is 4.90 Å². The van der Waals surface area contributed by atoms with Crippen molar-refractivity contribution >= 4 is 38.6 Å². The summed E-state index contributed by atoms with van der Waals surface area (Å²) in [6, 6.07) is 66.2. The Morgan fingerprint density at radius 3 is 1.65 bits per heavy atom. The molecule has 4 saturated carbocycles. The molecule has 0 radical (unpaired) electrons. The highest BCUT2D eigenvalue weighted by atomic mass is 15.1. The molecule has 1 heteroatoms. The van der Waals surface area contributed by atoms with Crippen molar-refractivity contribution in [1.29, 1.82) is 0 Å². The van der Waals surface area contributed by atoms with Crippen molar-refractivity contribution in [3.05, 3.63) is 187 Å². The average molecular weight is 706 g/mol. The van der Waals surface area contributed by atoms with Crippen molar-refractivity contribution in [2.75, 3.05) is 4.90 Å². The van der Waals surface area contributed by atoms with E-state index in [1.54, 1.807) is 11.1 Å². The second-order valence-electron chi connectivity index (χ2n) is 17.0. The van der Waals surface area contributed by atoms with Crippen LogP contribution in [0.15, 0.2) is 176 Å². The minimum Gasteiger partial charge on any atom is -0.310 e. The summed E-state index contributed by atoms with van der Waals surface area (Å²) in [5.41, 5.74) is 14.8. The zero-order valence-electron chi connectivity index (χ0n) is 31.0. The third kappa shape index (κ3) is 4.72. The van der Waals surface area contributed by atoms with Crippen molar-refractivity contribution in [3.63, 3.8) is 0 Å². The summed E-state index contributed by atoms with van der Waals surface area (Å²) >= 11 is 0. The van der Waals surface area contributed by atoms with Gasteiger partial charge in [0.2, 0.25) is 0 Å². The molecule has 264 valence electrons. The van der Waals surface area contributed by atoms with Crippen LogP contribution in [0.5, 0.6) is 0 Å². The van der Waals surface area contributed by atoms with Crippen molar-refractivity contribution in [2.45, 2.75) is 37.5 Å². The van der Waals surface area contributed by atoms with Crippen LogP contribution in [-0.2, 0) is 5.41 Å². The van der Waals surface area contributed by atoms with Crippen LogP contribution >= 0.6 is 0 Å². The minimum atomic E-state index is 0.128. The van der Waals surface area contributed by atoms with E-state index in [0.29, 0.717) is 0 Å². The molecule has 55 heavy (non-hydrogen) atoms. The lowest BCUT2D eigenvalue weighted by molar-refractivity contribution is -0.0399. The van der Waals surface area contributed by atoms with Crippen LogP contribution in [0.4, 0.5) is 17.1 Å². The van der Waals surface area contributed by atoms with Crippen LogP contribution in [-0.4, -0.2) is 0 Å². The third-order valence-corrected chi connectivity index (χ3v) is 14.2. The Morgan fingerprint density at radius 2 is 0.909 bits per heavy atom. The fourth-order valence-electron chi connectivity index (χ4n) is 12.2. The molecule has 1 nitrogen and oxygen atoms in total. The Balaban J connectivity index is 0.983. The highest BCUT2D eigenvalue weighted by Crippen LogP contribution is 2.69. The molecule has 0 unspecified atom stereocenters. The minimum absolute atomic E-state index is 0.128. The first-order valence-electron chi connectivity index (χ1n) is 20.4. The first kappa shape index (κ1) is 31.4. The van der Waals surface area contributed by atoms with Gasteiger partial charge in [-0.05, 0) is 164 Å². The Hall–Kier alpha value is -5.92. The van der Waals surface area contributed by atoms with E-state index in [4.69, 9.17) is 0 Å². The molecule has 0 N–H and O–H groups in total. The second-order valence-corrected chi connectivity index (χ2v) is 17.0. The monoisotopic (exact) mass is 705 g/mol. The first-order chi connectivity index (χ1) is 27.2. The third-order valence-electron chi connectivity index (χ3n) is 14.2. The van der Waals surface area contributed by atoms with Crippen LogP contribution in [0.3, 0.4) is 0 Å². The number of hydrogen-bond acceptors (Lipinski definition) is 1. The fraction of sp³-hybridized carbons (Fsp3) is 0.185. The van der Waals surface area contributed by atoms with Crippen molar-refractivity contribution < 1.29 is 0 Å². The maximum atomic E-state index is 2.62. The summed E-state index contributed by atoms with van der Waals surface area (Å²) in [6.45, 7) is 0. The van der Waals surface area contributed by atoms with E-state index < -0.39 is 0 Å². The van der Waals surface area contributed by atoms with E-state index >= 15 is 0 Å². The molecule has 4 bridgehead atoms. The van der Waals surface area contributed by atoms with Gasteiger partial charge in [0.05, 0.1) is 0 Å². The molecule has 4 fully saturated rings. The number of nitrogens with zero attached hydrogens (tertiary/aromatic N) is 1. The molecule has 13 rings (SSSR count). The standard InChI is InChI=1S/C54H43N/c1-2-8-37(9-3-1)38-16-21-45(22-17-38)55(46-23-18-39(19-24-46)41-20-26-49-42(33-41)15-14-40-10-4-5-11-48(40)49)47-25-27-51-50-12-6-7-13-52(50)54(53(51)34-47)43-29-35-28-36(31-43)32-44(54)30-35/h1-27,33-36,43-44H,28-32H2. The Morgan fingerprint density at radius 1 is 0.364 bits per heavy atom. The number of fused-ring (bicyclic) bond motifs is 6. The van der Waals surface area contributed by atoms with Crippen LogP contribution in [0.2, 0.25) is 0 Å². The molecule has 8 aromatic rings. The Kier molecular flexibility index (Phi) is 6.88. The molecule has 0 aliphatic heterocycles. The van der Waals surface area contributed by atoms with Gasteiger partial charge in [-0.3, -0.25) is 0 Å². The molecule has 0 aromatic heterocycles. The summed E-state index contributed by atoms with van der Waals surface area (Å²) in [6.07, 6.45) is 7.03. The quantitative estimate of drug-likeness (QED) is 0.161. The normalized spacial score (nSPS) is 23.0. The largest absolute Gasteiger partial charge is 0.310 e. The highest BCUT2D eigenvalue weighted by molar-refractivity contribution is 6.08. The van der Waals surface area contributed by atoms with E-state index in [1.807, 2.05) is 0 Å². The predicted molar refractivity (Wildman–Crippen MR) is 230 cm³/mol. The summed E-state index contributed by atoms with van der Waals surface area (Å²) in [7, 11) is 0. The van der Waals surface area contributed by atoms with Gasteiger partial charge in [-0.1, -0.05) is 133 Å². The summed E-state index contributed by atoms with van der Waals surface area (Å²) < 4.78 is 0. The lowest BCUT2D eigenvalue weighted by Gasteiger charge is -2.61. The smallest absolute Gasteiger partial charge is 0.0465 e. The molecule has 5 aliphatic carbocycles. The molecule has 0 saturated heterocycles. The molecule has 8 aromatic carbocycles.